The highest BCUT2D eigenvalue weighted by molar-refractivity contribution is 5.83. The molecule has 3 aromatic rings. The number of rotatable bonds is 4. The average molecular weight is 276 g/mol. The predicted octanol–water partition coefficient (Wildman–Crippen LogP) is 4.39. The number of nitrogens with zero attached hydrogens (tertiary/aromatic N) is 1. The van der Waals surface area contributed by atoms with E-state index in [2.05, 4.69) is 72.7 Å². The maximum absolute atomic E-state index is 4.43. The number of pyridine rings is 1. The van der Waals surface area contributed by atoms with Gasteiger partial charge in [0.25, 0.3) is 0 Å². The van der Waals surface area contributed by atoms with Gasteiger partial charge in [-0.15, -0.1) is 0 Å². The Hall–Kier alpha value is -2.19. The van der Waals surface area contributed by atoms with E-state index in [1.54, 1.807) is 0 Å². The Labute approximate surface area is 125 Å². The smallest absolute Gasteiger partial charge is 0.0570 e. The molecule has 3 rings (SSSR count). The fourth-order valence-electron chi connectivity index (χ4n) is 2.55. The van der Waals surface area contributed by atoms with Gasteiger partial charge in [-0.3, -0.25) is 4.98 Å². The van der Waals surface area contributed by atoms with Crippen molar-refractivity contribution in [2.75, 3.05) is 0 Å². The largest absolute Gasteiger partial charge is 0.305 e. The number of fused-ring (bicyclic) bond motifs is 1. The van der Waals surface area contributed by atoms with E-state index in [4.69, 9.17) is 0 Å². The van der Waals surface area contributed by atoms with Crippen molar-refractivity contribution in [3.8, 4) is 0 Å². The van der Waals surface area contributed by atoms with Crippen LogP contribution in [0.1, 0.15) is 29.8 Å². The second-order valence-electron chi connectivity index (χ2n) is 5.48. The fraction of sp³-hybridized carbons (Fsp3) is 0.211. The molecule has 2 nitrogen and oxygen atoms in total. The second kappa shape index (κ2) is 6.06. The second-order valence-corrected chi connectivity index (χ2v) is 5.48. The van der Waals surface area contributed by atoms with Crippen molar-refractivity contribution in [1.29, 1.82) is 0 Å². The molecule has 0 aliphatic rings. The Morgan fingerprint density at radius 3 is 2.62 bits per heavy atom. The molecule has 0 spiro atoms. The van der Waals surface area contributed by atoms with E-state index < -0.39 is 0 Å². The van der Waals surface area contributed by atoms with Gasteiger partial charge >= 0.3 is 0 Å². The van der Waals surface area contributed by atoms with Crippen molar-refractivity contribution >= 4 is 10.8 Å². The molecule has 1 heterocycles. The Kier molecular flexibility index (Phi) is 3.98. The molecule has 0 aliphatic carbocycles. The summed E-state index contributed by atoms with van der Waals surface area (Å²) in [5.41, 5.74) is 3.66. The molecule has 21 heavy (non-hydrogen) atoms. The molecule has 2 aromatic carbocycles. The Morgan fingerprint density at radius 1 is 1.00 bits per heavy atom. The lowest BCUT2D eigenvalue weighted by Crippen LogP contribution is -2.19. The van der Waals surface area contributed by atoms with E-state index >= 15 is 0 Å². The molecule has 2 heteroatoms. The van der Waals surface area contributed by atoms with Crippen LogP contribution in [0.25, 0.3) is 10.8 Å². The highest BCUT2D eigenvalue weighted by Crippen LogP contribution is 2.20. The van der Waals surface area contributed by atoms with Crippen LogP contribution >= 0.6 is 0 Å². The first-order valence-electron chi connectivity index (χ1n) is 7.36. The SMILES string of the molecule is Cc1cccnc1CNC(C)c1ccc2ccccc2c1. The van der Waals surface area contributed by atoms with Crippen LogP contribution in [0.4, 0.5) is 0 Å². The van der Waals surface area contributed by atoms with Crippen LogP contribution in [0.3, 0.4) is 0 Å². The molecule has 0 amide bonds. The third kappa shape index (κ3) is 3.11. The highest BCUT2D eigenvalue weighted by atomic mass is 14.9. The molecule has 0 fully saturated rings. The zero-order chi connectivity index (χ0) is 14.7. The Balaban J connectivity index is 1.75. The lowest BCUT2D eigenvalue weighted by atomic mass is 10.0. The summed E-state index contributed by atoms with van der Waals surface area (Å²) in [6.45, 7) is 5.09. The Bertz CT molecular complexity index is 749. The molecule has 1 N–H and O–H groups in total. The summed E-state index contributed by atoms with van der Waals surface area (Å²) in [6, 6.07) is 19.5. The van der Waals surface area contributed by atoms with Crippen molar-refractivity contribution in [2.45, 2.75) is 26.4 Å². The van der Waals surface area contributed by atoms with E-state index in [0.29, 0.717) is 6.04 Å². The minimum Gasteiger partial charge on any atom is -0.305 e. The number of aromatic nitrogens is 1. The van der Waals surface area contributed by atoms with Gasteiger partial charge in [0.1, 0.15) is 0 Å². The lowest BCUT2D eigenvalue weighted by molar-refractivity contribution is 0.566. The normalized spacial score (nSPS) is 12.5. The van der Waals surface area contributed by atoms with Gasteiger partial charge in [-0.05, 0) is 47.9 Å². The van der Waals surface area contributed by atoms with Gasteiger partial charge in [0, 0.05) is 18.8 Å². The fourth-order valence-corrected chi connectivity index (χ4v) is 2.55. The summed E-state index contributed by atoms with van der Waals surface area (Å²) < 4.78 is 0. The van der Waals surface area contributed by atoms with Crippen molar-refractivity contribution in [3.05, 3.63) is 77.6 Å². The third-order valence-electron chi connectivity index (χ3n) is 3.97. The summed E-state index contributed by atoms with van der Waals surface area (Å²) in [7, 11) is 0. The molecule has 1 aromatic heterocycles. The lowest BCUT2D eigenvalue weighted by Gasteiger charge is -2.15. The molecule has 0 bridgehead atoms. The van der Waals surface area contributed by atoms with Gasteiger partial charge in [-0.1, -0.05) is 42.5 Å². The molecule has 0 aliphatic heterocycles. The number of nitrogens with one attached hydrogen (secondary N) is 1. The van der Waals surface area contributed by atoms with Crippen LogP contribution in [0.5, 0.6) is 0 Å². The molecule has 1 unspecified atom stereocenters. The van der Waals surface area contributed by atoms with Crippen LogP contribution < -0.4 is 5.32 Å². The van der Waals surface area contributed by atoms with Crippen molar-refractivity contribution in [3.63, 3.8) is 0 Å². The van der Waals surface area contributed by atoms with Crippen LogP contribution in [0.15, 0.2) is 60.8 Å². The minimum absolute atomic E-state index is 0.302. The summed E-state index contributed by atoms with van der Waals surface area (Å²) in [5, 5.41) is 6.13. The maximum Gasteiger partial charge on any atom is 0.0570 e. The van der Waals surface area contributed by atoms with E-state index in [9.17, 15) is 0 Å². The van der Waals surface area contributed by atoms with E-state index in [1.807, 2.05) is 12.3 Å². The van der Waals surface area contributed by atoms with Gasteiger partial charge in [-0.2, -0.15) is 0 Å². The average Bonchev–Trinajstić information content (AvgIpc) is 2.53. The summed E-state index contributed by atoms with van der Waals surface area (Å²) in [5.74, 6) is 0. The number of hydrogen-bond acceptors (Lipinski definition) is 2. The zero-order valence-electron chi connectivity index (χ0n) is 12.5. The van der Waals surface area contributed by atoms with Crippen molar-refractivity contribution in [2.24, 2.45) is 0 Å². The molecule has 106 valence electrons. The number of hydrogen-bond donors (Lipinski definition) is 1. The number of aryl methyl sites for hydroxylation is 1. The first kappa shape index (κ1) is 13.8. The van der Waals surface area contributed by atoms with E-state index in [1.165, 1.54) is 21.9 Å². The highest BCUT2D eigenvalue weighted by Gasteiger charge is 2.07. The van der Waals surface area contributed by atoms with Gasteiger partial charge in [0.15, 0.2) is 0 Å². The van der Waals surface area contributed by atoms with Crippen LogP contribution in [0.2, 0.25) is 0 Å². The van der Waals surface area contributed by atoms with E-state index in [-0.39, 0.29) is 0 Å². The van der Waals surface area contributed by atoms with Gasteiger partial charge in [0.2, 0.25) is 0 Å². The zero-order valence-corrected chi connectivity index (χ0v) is 12.5. The Morgan fingerprint density at radius 2 is 1.81 bits per heavy atom. The van der Waals surface area contributed by atoms with Crippen LogP contribution in [-0.4, -0.2) is 4.98 Å². The molecule has 0 radical (unpaired) electrons. The topological polar surface area (TPSA) is 24.9 Å². The quantitative estimate of drug-likeness (QED) is 0.764. The maximum atomic E-state index is 4.43. The van der Waals surface area contributed by atoms with Crippen molar-refractivity contribution < 1.29 is 0 Å². The first-order valence-corrected chi connectivity index (χ1v) is 7.36. The van der Waals surface area contributed by atoms with Gasteiger partial charge in [0.05, 0.1) is 5.69 Å². The first-order chi connectivity index (χ1) is 10.2. The number of benzene rings is 2. The van der Waals surface area contributed by atoms with Gasteiger partial charge < -0.3 is 5.32 Å². The summed E-state index contributed by atoms with van der Waals surface area (Å²) in [4.78, 5) is 4.43. The van der Waals surface area contributed by atoms with Crippen LogP contribution in [-0.2, 0) is 6.54 Å². The minimum atomic E-state index is 0.302. The van der Waals surface area contributed by atoms with Gasteiger partial charge in [-0.25, -0.2) is 0 Å². The molecule has 1 atom stereocenters. The third-order valence-corrected chi connectivity index (χ3v) is 3.97. The molecular formula is C19H20N2. The summed E-state index contributed by atoms with van der Waals surface area (Å²) >= 11 is 0. The standard InChI is InChI=1S/C19H20N2/c1-14-6-5-11-20-19(14)13-21-15(2)17-10-9-16-7-3-4-8-18(16)12-17/h3-12,15,21H,13H2,1-2H3. The molecule has 0 saturated heterocycles. The van der Waals surface area contributed by atoms with Crippen molar-refractivity contribution in [1.82, 2.24) is 10.3 Å². The summed E-state index contributed by atoms with van der Waals surface area (Å²) in [6.07, 6.45) is 1.85. The molecular weight excluding hydrogens is 256 g/mol. The van der Waals surface area contributed by atoms with Crippen LogP contribution in [0, 0.1) is 6.92 Å². The predicted molar refractivity (Wildman–Crippen MR) is 88.2 cm³/mol. The van der Waals surface area contributed by atoms with E-state index in [0.717, 1.165) is 12.2 Å². The monoisotopic (exact) mass is 276 g/mol. The molecule has 0 saturated carbocycles.